The summed E-state index contributed by atoms with van der Waals surface area (Å²) in [7, 11) is 1.88. The molecule has 1 saturated heterocycles. The molecule has 7 nitrogen and oxygen atoms in total. The number of likely N-dealkylation sites (N-methyl/N-ethyl adjacent to an activating group) is 1. The Hall–Kier alpha value is -1.89. The average molecular weight is 265 g/mol. The van der Waals surface area contributed by atoms with E-state index < -0.39 is 4.92 Å². The first-order valence-electron chi connectivity index (χ1n) is 6.42. The number of likely N-dealkylation sites (tertiary alicyclic amines) is 1. The first kappa shape index (κ1) is 13.5. The summed E-state index contributed by atoms with van der Waals surface area (Å²) in [6.45, 7) is 4.01. The van der Waals surface area contributed by atoms with Crippen molar-refractivity contribution in [2.45, 2.75) is 12.8 Å². The van der Waals surface area contributed by atoms with Gasteiger partial charge in [0.25, 0.3) is 5.69 Å². The smallest absolute Gasteiger partial charge is 0.276 e. The van der Waals surface area contributed by atoms with E-state index in [1.54, 1.807) is 0 Å². The third-order valence-electron chi connectivity index (χ3n) is 3.37. The minimum absolute atomic E-state index is 0.0180. The van der Waals surface area contributed by atoms with E-state index in [-0.39, 0.29) is 11.5 Å². The third-order valence-corrected chi connectivity index (χ3v) is 3.37. The fraction of sp³-hybridized carbons (Fsp3) is 0.583. The Morgan fingerprint density at radius 2 is 2.16 bits per heavy atom. The predicted octanol–water partition coefficient (Wildman–Crippen LogP) is 1.10. The topological polar surface area (TPSA) is 88.5 Å². The number of nitrogen functional groups attached to an aromatic ring is 1. The molecule has 2 heterocycles. The van der Waals surface area contributed by atoms with Crippen LogP contribution in [-0.4, -0.2) is 48.0 Å². The summed E-state index contributed by atoms with van der Waals surface area (Å²) < 4.78 is 0. The van der Waals surface area contributed by atoms with Crippen LogP contribution in [0.4, 0.5) is 17.3 Å². The maximum atomic E-state index is 10.8. The van der Waals surface area contributed by atoms with Crippen molar-refractivity contribution in [2.75, 3.05) is 43.9 Å². The van der Waals surface area contributed by atoms with Crippen LogP contribution < -0.4 is 10.6 Å². The Bertz CT molecular complexity index is 459. The molecule has 1 aromatic heterocycles. The fourth-order valence-corrected chi connectivity index (χ4v) is 2.24. The number of anilines is 2. The standard InChI is InChI=1S/C12H19N5O2/c1-15(6-7-16-4-2-3-5-16)12-9-10(17(18)19)8-11(13)14-12/h8-9H,2-7H2,1H3,(H2,13,14). The molecular weight excluding hydrogens is 246 g/mol. The van der Waals surface area contributed by atoms with Gasteiger partial charge in [0.15, 0.2) is 0 Å². The van der Waals surface area contributed by atoms with E-state index in [1.807, 2.05) is 11.9 Å². The van der Waals surface area contributed by atoms with E-state index in [2.05, 4.69) is 9.88 Å². The van der Waals surface area contributed by atoms with Crippen LogP contribution in [0.5, 0.6) is 0 Å². The maximum Gasteiger partial charge on any atom is 0.276 e. The SMILES string of the molecule is CN(CCN1CCCC1)c1cc([N+](=O)[O-])cc(N)n1. The van der Waals surface area contributed by atoms with Crippen molar-refractivity contribution in [3.05, 3.63) is 22.2 Å². The zero-order valence-electron chi connectivity index (χ0n) is 11.1. The molecule has 0 amide bonds. The van der Waals surface area contributed by atoms with Crippen LogP contribution in [0, 0.1) is 10.1 Å². The van der Waals surface area contributed by atoms with Gasteiger partial charge in [0.2, 0.25) is 0 Å². The molecule has 2 N–H and O–H groups in total. The van der Waals surface area contributed by atoms with Crippen LogP contribution in [0.2, 0.25) is 0 Å². The molecule has 0 atom stereocenters. The number of aromatic nitrogens is 1. The van der Waals surface area contributed by atoms with Gasteiger partial charge in [-0.2, -0.15) is 0 Å². The summed E-state index contributed by atoms with van der Waals surface area (Å²) in [6, 6.07) is 2.73. The molecule has 1 aliphatic rings. The number of nitrogens with two attached hydrogens (primary N) is 1. The molecule has 0 saturated carbocycles. The second-order valence-corrected chi connectivity index (χ2v) is 4.84. The first-order valence-corrected chi connectivity index (χ1v) is 6.42. The first-order chi connectivity index (χ1) is 9.06. The average Bonchev–Trinajstić information content (AvgIpc) is 2.88. The molecule has 0 bridgehead atoms. The van der Waals surface area contributed by atoms with Crippen LogP contribution in [-0.2, 0) is 0 Å². The highest BCUT2D eigenvalue weighted by Gasteiger charge is 2.15. The second kappa shape index (κ2) is 5.83. The molecule has 0 radical (unpaired) electrons. The summed E-state index contributed by atoms with van der Waals surface area (Å²) in [5.74, 6) is 0.725. The highest BCUT2D eigenvalue weighted by molar-refractivity contribution is 5.53. The lowest BCUT2D eigenvalue weighted by Gasteiger charge is -2.22. The monoisotopic (exact) mass is 265 g/mol. The van der Waals surface area contributed by atoms with Crippen molar-refractivity contribution in [1.29, 1.82) is 0 Å². The van der Waals surface area contributed by atoms with E-state index in [1.165, 1.54) is 25.0 Å². The maximum absolute atomic E-state index is 10.8. The lowest BCUT2D eigenvalue weighted by atomic mass is 10.3. The van der Waals surface area contributed by atoms with Gasteiger partial charge < -0.3 is 15.5 Å². The van der Waals surface area contributed by atoms with Crippen LogP contribution in [0.1, 0.15) is 12.8 Å². The minimum Gasteiger partial charge on any atom is -0.383 e. The zero-order chi connectivity index (χ0) is 13.8. The molecule has 2 rings (SSSR count). The molecule has 104 valence electrons. The van der Waals surface area contributed by atoms with Crippen molar-refractivity contribution >= 4 is 17.3 Å². The van der Waals surface area contributed by atoms with Gasteiger partial charge in [0.1, 0.15) is 11.6 Å². The van der Waals surface area contributed by atoms with Crippen LogP contribution >= 0.6 is 0 Å². The summed E-state index contributed by atoms with van der Waals surface area (Å²) in [5.41, 5.74) is 5.58. The molecule has 19 heavy (non-hydrogen) atoms. The minimum atomic E-state index is -0.449. The van der Waals surface area contributed by atoms with E-state index in [0.717, 1.165) is 26.2 Å². The molecule has 0 spiro atoms. The summed E-state index contributed by atoms with van der Waals surface area (Å²) >= 11 is 0. The lowest BCUT2D eigenvalue weighted by Crippen LogP contribution is -2.31. The van der Waals surface area contributed by atoms with Crippen molar-refractivity contribution in [2.24, 2.45) is 0 Å². The normalized spacial score (nSPS) is 15.6. The van der Waals surface area contributed by atoms with Crippen LogP contribution in [0.25, 0.3) is 0 Å². The molecule has 1 fully saturated rings. The molecule has 0 unspecified atom stereocenters. The quantitative estimate of drug-likeness (QED) is 0.633. The number of hydrogen-bond donors (Lipinski definition) is 1. The van der Waals surface area contributed by atoms with Crippen LogP contribution in [0.3, 0.4) is 0 Å². The van der Waals surface area contributed by atoms with E-state index in [4.69, 9.17) is 5.73 Å². The Labute approximate surface area is 112 Å². The molecule has 0 aliphatic carbocycles. The molecule has 1 aromatic rings. The molecular formula is C12H19N5O2. The highest BCUT2D eigenvalue weighted by Crippen LogP contribution is 2.21. The van der Waals surface area contributed by atoms with Gasteiger partial charge in [-0.25, -0.2) is 4.98 Å². The van der Waals surface area contributed by atoms with E-state index >= 15 is 0 Å². The van der Waals surface area contributed by atoms with E-state index in [0.29, 0.717) is 5.82 Å². The Balaban J connectivity index is 2.01. The predicted molar refractivity (Wildman–Crippen MR) is 74.2 cm³/mol. The number of nitrogens with zero attached hydrogens (tertiary/aromatic N) is 4. The van der Waals surface area contributed by atoms with Crippen molar-refractivity contribution in [1.82, 2.24) is 9.88 Å². The van der Waals surface area contributed by atoms with Gasteiger partial charge in [0, 0.05) is 20.1 Å². The fourth-order valence-electron chi connectivity index (χ4n) is 2.24. The number of nitro groups is 1. The number of pyridine rings is 1. The van der Waals surface area contributed by atoms with Crippen molar-refractivity contribution in [3.8, 4) is 0 Å². The summed E-state index contributed by atoms with van der Waals surface area (Å²) in [5, 5.41) is 10.8. The molecule has 7 heteroatoms. The number of hydrogen-bond acceptors (Lipinski definition) is 6. The van der Waals surface area contributed by atoms with Gasteiger partial charge in [-0.3, -0.25) is 10.1 Å². The Kier molecular flexibility index (Phi) is 4.16. The van der Waals surface area contributed by atoms with Gasteiger partial charge >= 0.3 is 0 Å². The van der Waals surface area contributed by atoms with Crippen molar-refractivity contribution in [3.63, 3.8) is 0 Å². The second-order valence-electron chi connectivity index (χ2n) is 4.84. The Morgan fingerprint density at radius 1 is 1.47 bits per heavy atom. The molecule has 1 aliphatic heterocycles. The third kappa shape index (κ3) is 3.54. The van der Waals surface area contributed by atoms with Gasteiger partial charge in [0.05, 0.1) is 17.1 Å². The molecule has 0 aromatic carbocycles. The summed E-state index contributed by atoms with van der Waals surface area (Å²) in [6.07, 6.45) is 2.51. The zero-order valence-corrected chi connectivity index (χ0v) is 11.1. The van der Waals surface area contributed by atoms with Gasteiger partial charge in [-0.05, 0) is 25.9 Å². The van der Waals surface area contributed by atoms with Gasteiger partial charge in [-0.15, -0.1) is 0 Å². The van der Waals surface area contributed by atoms with Crippen LogP contribution in [0.15, 0.2) is 12.1 Å². The Morgan fingerprint density at radius 3 is 2.79 bits per heavy atom. The summed E-state index contributed by atoms with van der Waals surface area (Å²) in [4.78, 5) is 18.8. The van der Waals surface area contributed by atoms with Gasteiger partial charge in [-0.1, -0.05) is 0 Å². The highest BCUT2D eigenvalue weighted by atomic mass is 16.6. The lowest BCUT2D eigenvalue weighted by molar-refractivity contribution is -0.384. The van der Waals surface area contributed by atoms with E-state index in [9.17, 15) is 10.1 Å². The number of rotatable bonds is 5. The van der Waals surface area contributed by atoms with Crippen molar-refractivity contribution < 1.29 is 4.92 Å². The largest absolute Gasteiger partial charge is 0.383 e.